The molecule has 0 bridgehead atoms. The van der Waals surface area contributed by atoms with Gasteiger partial charge in [-0.15, -0.1) is 0 Å². The molecule has 0 fully saturated rings. The molecular weight excluding hydrogens is 367 g/mol. The molecule has 2 atom stereocenters. The highest BCUT2D eigenvalue weighted by atomic mass is 32.2. The van der Waals surface area contributed by atoms with E-state index in [9.17, 15) is 38.8 Å². The standard InChI is InChI=1S/C8H13F5O7S2/c1-3-5(2)7(10,11)20-6(9,4-21(14,15)16)8(12,13)22(17,18)19/h5H,3-4H2,1-2H3,(H,14,15,16)(H,17,18,19). The van der Waals surface area contributed by atoms with E-state index in [1.807, 2.05) is 0 Å². The van der Waals surface area contributed by atoms with Gasteiger partial charge in [-0.1, -0.05) is 13.8 Å². The Hall–Kier alpha value is -0.570. The van der Waals surface area contributed by atoms with Crippen LogP contribution in [0, 0.1) is 5.92 Å². The first-order valence-corrected chi connectivity index (χ1v) is 8.51. The Bertz CT molecular complexity index is 602. The largest absolute Gasteiger partial charge is 0.428 e. The van der Waals surface area contributed by atoms with E-state index in [2.05, 4.69) is 4.74 Å². The highest BCUT2D eigenvalue weighted by Crippen LogP contribution is 2.44. The Morgan fingerprint density at radius 2 is 1.45 bits per heavy atom. The van der Waals surface area contributed by atoms with Crippen LogP contribution >= 0.6 is 0 Å². The summed E-state index contributed by atoms with van der Waals surface area (Å²) in [5.41, 5.74) is 0. The van der Waals surface area contributed by atoms with Crippen molar-refractivity contribution < 1.29 is 52.6 Å². The van der Waals surface area contributed by atoms with Crippen molar-refractivity contribution in [2.24, 2.45) is 5.92 Å². The second kappa shape index (κ2) is 6.14. The fourth-order valence-electron chi connectivity index (χ4n) is 1.15. The van der Waals surface area contributed by atoms with Crippen molar-refractivity contribution in [3.63, 3.8) is 0 Å². The van der Waals surface area contributed by atoms with Crippen LogP contribution in [0.3, 0.4) is 0 Å². The third kappa shape index (κ3) is 4.71. The second-order valence-corrected chi connectivity index (χ2v) is 7.34. The molecule has 0 aromatic rings. The van der Waals surface area contributed by atoms with E-state index in [4.69, 9.17) is 9.11 Å². The maximum Gasteiger partial charge on any atom is 0.428 e. The molecule has 0 aliphatic carbocycles. The number of ether oxygens (including phenoxy) is 1. The quantitative estimate of drug-likeness (QED) is 0.486. The maximum atomic E-state index is 14.0. The molecule has 0 aromatic heterocycles. The van der Waals surface area contributed by atoms with Gasteiger partial charge < -0.3 is 0 Å². The number of rotatable bonds is 8. The summed E-state index contributed by atoms with van der Waals surface area (Å²) in [7, 11) is -12.4. The zero-order valence-corrected chi connectivity index (χ0v) is 12.8. The van der Waals surface area contributed by atoms with Gasteiger partial charge in [-0.2, -0.15) is 34.4 Å². The van der Waals surface area contributed by atoms with Crippen LogP contribution < -0.4 is 0 Å². The topological polar surface area (TPSA) is 118 Å². The monoisotopic (exact) mass is 380 g/mol. The van der Waals surface area contributed by atoms with Crippen LogP contribution in [0.2, 0.25) is 0 Å². The molecule has 0 rings (SSSR count). The molecule has 0 aliphatic heterocycles. The Kier molecular flexibility index (Phi) is 5.99. The van der Waals surface area contributed by atoms with E-state index < -0.39 is 55.5 Å². The summed E-state index contributed by atoms with van der Waals surface area (Å²) in [4.78, 5) is 0. The molecule has 0 aromatic carbocycles. The molecule has 134 valence electrons. The average Bonchev–Trinajstić information content (AvgIpc) is 2.22. The minimum absolute atomic E-state index is 0.438. The molecule has 0 saturated carbocycles. The molecule has 0 amide bonds. The zero-order valence-electron chi connectivity index (χ0n) is 11.1. The van der Waals surface area contributed by atoms with E-state index in [1.165, 1.54) is 0 Å². The van der Waals surface area contributed by atoms with E-state index in [0.717, 1.165) is 13.8 Å². The van der Waals surface area contributed by atoms with Gasteiger partial charge in [0.25, 0.3) is 10.1 Å². The SMILES string of the molecule is CCC(C)C(F)(F)OC(F)(CS(=O)(=O)O)C(F)(F)S(=O)(=O)O. The van der Waals surface area contributed by atoms with Crippen molar-refractivity contribution in [2.45, 2.75) is 37.5 Å². The molecule has 0 radical (unpaired) electrons. The van der Waals surface area contributed by atoms with E-state index in [-0.39, 0.29) is 0 Å². The number of alkyl halides is 5. The van der Waals surface area contributed by atoms with E-state index >= 15 is 0 Å². The normalized spacial score (nSPS) is 18.8. The van der Waals surface area contributed by atoms with Crippen LogP contribution in [-0.4, -0.2) is 48.9 Å². The Morgan fingerprint density at radius 1 is 1.05 bits per heavy atom. The van der Waals surface area contributed by atoms with Crippen LogP contribution in [0.4, 0.5) is 22.0 Å². The fourth-order valence-corrected chi connectivity index (χ4v) is 2.45. The predicted molar refractivity (Wildman–Crippen MR) is 62.2 cm³/mol. The Balaban J connectivity index is 6.07. The van der Waals surface area contributed by atoms with Crippen LogP contribution in [0.15, 0.2) is 0 Å². The smallest absolute Gasteiger partial charge is 0.285 e. The molecule has 0 spiro atoms. The molecule has 0 saturated heterocycles. The van der Waals surface area contributed by atoms with Gasteiger partial charge >= 0.3 is 27.3 Å². The van der Waals surface area contributed by atoms with Gasteiger partial charge in [0.15, 0.2) is 0 Å². The summed E-state index contributed by atoms with van der Waals surface area (Å²) < 4.78 is 129. The molecule has 2 unspecified atom stereocenters. The van der Waals surface area contributed by atoms with Gasteiger partial charge in [0.05, 0.1) is 0 Å². The zero-order chi connectivity index (χ0) is 18.2. The first-order valence-electron chi connectivity index (χ1n) is 5.46. The van der Waals surface area contributed by atoms with Crippen LogP contribution in [0.1, 0.15) is 20.3 Å². The Morgan fingerprint density at radius 3 is 1.73 bits per heavy atom. The molecule has 22 heavy (non-hydrogen) atoms. The lowest BCUT2D eigenvalue weighted by Crippen LogP contribution is -2.58. The van der Waals surface area contributed by atoms with Gasteiger partial charge in [0, 0.05) is 5.92 Å². The number of hydrogen-bond acceptors (Lipinski definition) is 5. The highest BCUT2D eigenvalue weighted by molar-refractivity contribution is 7.87. The molecule has 0 aliphatic rings. The van der Waals surface area contributed by atoms with Gasteiger partial charge in [-0.05, 0) is 6.42 Å². The summed E-state index contributed by atoms with van der Waals surface area (Å²) in [6.07, 6.45) is -5.16. The second-order valence-electron chi connectivity index (χ2n) is 4.42. The van der Waals surface area contributed by atoms with Crippen LogP contribution in [0.5, 0.6) is 0 Å². The summed E-state index contributed by atoms with van der Waals surface area (Å²) in [5, 5.41) is -6.09. The van der Waals surface area contributed by atoms with Gasteiger partial charge in [-0.3, -0.25) is 13.8 Å². The van der Waals surface area contributed by atoms with Gasteiger partial charge in [-0.25, -0.2) is 4.39 Å². The van der Waals surface area contributed by atoms with Crippen molar-refractivity contribution in [2.75, 3.05) is 5.75 Å². The third-order valence-electron chi connectivity index (χ3n) is 2.61. The highest BCUT2D eigenvalue weighted by Gasteiger charge is 2.70. The van der Waals surface area contributed by atoms with Crippen molar-refractivity contribution >= 4 is 20.2 Å². The van der Waals surface area contributed by atoms with E-state index in [0.29, 0.717) is 0 Å². The lowest BCUT2D eigenvalue weighted by atomic mass is 10.1. The van der Waals surface area contributed by atoms with Crippen molar-refractivity contribution in [3.8, 4) is 0 Å². The molecule has 2 N–H and O–H groups in total. The number of hydrogen-bond donors (Lipinski definition) is 2. The van der Waals surface area contributed by atoms with Crippen molar-refractivity contribution in [3.05, 3.63) is 0 Å². The molecule has 7 nitrogen and oxygen atoms in total. The lowest BCUT2D eigenvalue weighted by Gasteiger charge is -2.34. The van der Waals surface area contributed by atoms with E-state index in [1.54, 1.807) is 0 Å². The van der Waals surface area contributed by atoms with Crippen LogP contribution in [-0.2, 0) is 25.0 Å². The van der Waals surface area contributed by atoms with Crippen molar-refractivity contribution in [1.29, 1.82) is 0 Å². The van der Waals surface area contributed by atoms with Gasteiger partial charge in [0.2, 0.25) is 0 Å². The number of halogens is 5. The molecular formula is C8H13F5O7S2. The minimum Gasteiger partial charge on any atom is -0.285 e. The van der Waals surface area contributed by atoms with Gasteiger partial charge in [0.1, 0.15) is 5.75 Å². The maximum absolute atomic E-state index is 14.0. The summed E-state index contributed by atoms with van der Waals surface area (Å²) >= 11 is 0. The summed E-state index contributed by atoms with van der Waals surface area (Å²) in [6.45, 7) is 1.85. The molecule has 0 heterocycles. The predicted octanol–water partition coefficient (Wildman–Crippen LogP) is 1.68. The first-order chi connectivity index (χ1) is 9.40. The fraction of sp³-hybridized carbons (Fsp3) is 1.00. The first kappa shape index (κ1) is 21.4. The third-order valence-corrected chi connectivity index (χ3v) is 4.30. The lowest BCUT2D eigenvalue weighted by molar-refractivity contribution is -0.375. The summed E-state index contributed by atoms with van der Waals surface area (Å²) in [5.74, 6) is -10.2. The Labute approximate surface area is 122 Å². The van der Waals surface area contributed by atoms with Crippen LogP contribution in [0.25, 0.3) is 0 Å². The minimum atomic E-state index is -6.68. The molecule has 14 heteroatoms. The summed E-state index contributed by atoms with van der Waals surface area (Å²) in [6, 6.07) is 0. The average molecular weight is 380 g/mol. The van der Waals surface area contributed by atoms with Crippen molar-refractivity contribution in [1.82, 2.24) is 0 Å².